The van der Waals surface area contributed by atoms with E-state index in [0.29, 0.717) is 5.92 Å². The Bertz CT molecular complexity index is 212. The van der Waals surface area contributed by atoms with Crippen molar-refractivity contribution in [2.75, 3.05) is 0 Å². The van der Waals surface area contributed by atoms with E-state index in [1.807, 2.05) is 7.05 Å². The molecule has 9 heavy (non-hydrogen) atoms. The van der Waals surface area contributed by atoms with Crippen LogP contribution in [-0.4, -0.2) is 14.8 Å². The third-order valence-electron chi connectivity index (χ3n) is 1.56. The Kier molecular flexibility index (Phi) is 0.860. The molecule has 2 rings (SSSR count). The molecule has 1 aromatic heterocycles. The van der Waals surface area contributed by atoms with Crippen LogP contribution in [0.1, 0.15) is 24.6 Å². The molecule has 3 heteroatoms. The molecule has 0 aromatic carbocycles. The second kappa shape index (κ2) is 1.56. The molecule has 0 saturated heterocycles. The lowest BCUT2D eigenvalue weighted by Gasteiger charge is -1.82. The average Bonchev–Trinajstić information content (AvgIpc) is 2.58. The summed E-state index contributed by atoms with van der Waals surface area (Å²) in [6, 6.07) is 0. The smallest absolute Gasteiger partial charge is 0.153 e. The summed E-state index contributed by atoms with van der Waals surface area (Å²) >= 11 is 0. The largest absolute Gasteiger partial charge is 0.256 e. The number of hydrogen-bond acceptors (Lipinski definition) is 2. The molecule has 1 aliphatic rings. The number of rotatable bonds is 1. The predicted octanol–water partition coefficient (Wildman–Crippen LogP) is 0.692. The van der Waals surface area contributed by atoms with Gasteiger partial charge in [-0.3, -0.25) is 4.68 Å². The summed E-state index contributed by atoms with van der Waals surface area (Å²) in [5.41, 5.74) is 0. The number of hydrogen-bond donors (Lipinski definition) is 0. The van der Waals surface area contributed by atoms with Crippen LogP contribution in [0.4, 0.5) is 0 Å². The van der Waals surface area contributed by atoms with Gasteiger partial charge < -0.3 is 0 Å². The van der Waals surface area contributed by atoms with E-state index < -0.39 is 0 Å². The van der Waals surface area contributed by atoms with Crippen molar-refractivity contribution in [2.24, 2.45) is 7.05 Å². The van der Waals surface area contributed by atoms with Crippen molar-refractivity contribution in [1.29, 1.82) is 0 Å². The summed E-state index contributed by atoms with van der Waals surface area (Å²) < 4.78 is 1.76. The van der Waals surface area contributed by atoms with Crippen LogP contribution in [0, 0.1) is 0 Å². The Morgan fingerprint density at radius 2 is 2.44 bits per heavy atom. The van der Waals surface area contributed by atoms with Crippen molar-refractivity contribution < 1.29 is 0 Å². The van der Waals surface area contributed by atoms with Crippen molar-refractivity contribution in [1.82, 2.24) is 14.8 Å². The molecular weight excluding hydrogens is 114 g/mol. The van der Waals surface area contributed by atoms with E-state index in [2.05, 4.69) is 10.1 Å². The first kappa shape index (κ1) is 4.97. The highest BCUT2D eigenvalue weighted by molar-refractivity contribution is 5.01. The third-order valence-corrected chi connectivity index (χ3v) is 1.56. The minimum Gasteiger partial charge on any atom is -0.256 e. The lowest BCUT2D eigenvalue weighted by molar-refractivity contribution is 0.744. The molecule has 1 heterocycles. The number of aryl methyl sites for hydroxylation is 1. The molecule has 3 nitrogen and oxygen atoms in total. The lowest BCUT2D eigenvalue weighted by Crippen LogP contribution is -1.88. The van der Waals surface area contributed by atoms with E-state index in [9.17, 15) is 0 Å². The van der Waals surface area contributed by atoms with Gasteiger partial charge >= 0.3 is 0 Å². The lowest BCUT2D eigenvalue weighted by atomic mass is 10.4. The van der Waals surface area contributed by atoms with Gasteiger partial charge in [0.15, 0.2) is 5.82 Å². The van der Waals surface area contributed by atoms with Gasteiger partial charge in [-0.25, -0.2) is 4.98 Å². The summed E-state index contributed by atoms with van der Waals surface area (Å²) in [5, 5.41) is 4.18. The molecule has 0 bridgehead atoms. The Balaban J connectivity index is 2.28. The van der Waals surface area contributed by atoms with Crippen molar-refractivity contribution in [3.8, 4) is 0 Å². The van der Waals surface area contributed by atoms with Gasteiger partial charge in [0.1, 0.15) is 6.33 Å². The fraction of sp³-hybridized carbons (Fsp3) is 0.667. The molecule has 0 spiro atoms. The predicted molar refractivity (Wildman–Crippen MR) is 33.0 cm³/mol. The molecule has 0 radical (unpaired) electrons. The normalized spacial score (nSPS) is 18.3. The molecule has 1 aromatic rings. The van der Waals surface area contributed by atoms with E-state index in [0.717, 1.165) is 5.82 Å². The van der Waals surface area contributed by atoms with Gasteiger partial charge in [0.05, 0.1) is 0 Å². The average molecular weight is 123 g/mol. The third kappa shape index (κ3) is 0.823. The zero-order valence-electron chi connectivity index (χ0n) is 5.41. The van der Waals surface area contributed by atoms with Gasteiger partial charge in [0, 0.05) is 13.0 Å². The van der Waals surface area contributed by atoms with Gasteiger partial charge in [-0.15, -0.1) is 0 Å². The van der Waals surface area contributed by atoms with Crippen LogP contribution in [0.2, 0.25) is 0 Å². The van der Waals surface area contributed by atoms with Crippen LogP contribution in [0.15, 0.2) is 6.33 Å². The Morgan fingerprint density at radius 3 is 2.89 bits per heavy atom. The molecule has 1 fully saturated rings. The maximum absolute atomic E-state index is 4.18. The van der Waals surface area contributed by atoms with Gasteiger partial charge in [0.2, 0.25) is 0 Å². The van der Waals surface area contributed by atoms with Gasteiger partial charge in [-0.2, -0.15) is 5.10 Å². The van der Waals surface area contributed by atoms with Crippen LogP contribution >= 0.6 is 0 Å². The molecule has 1 saturated carbocycles. The molecule has 0 aliphatic heterocycles. The maximum atomic E-state index is 4.18. The van der Waals surface area contributed by atoms with Crippen LogP contribution < -0.4 is 0 Å². The Labute approximate surface area is 53.7 Å². The minimum atomic E-state index is 0.686. The zero-order valence-corrected chi connectivity index (χ0v) is 5.41. The monoisotopic (exact) mass is 123 g/mol. The van der Waals surface area contributed by atoms with E-state index in [-0.39, 0.29) is 0 Å². The molecule has 48 valence electrons. The highest BCUT2D eigenvalue weighted by atomic mass is 15.3. The Morgan fingerprint density at radius 1 is 1.67 bits per heavy atom. The first-order valence-electron chi connectivity index (χ1n) is 3.22. The van der Waals surface area contributed by atoms with E-state index in [1.165, 1.54) is 12.8 Å². The van der Waals surface area contributed by atoms with Gasteiger partial charge in [-0.1, -0.05) is 0 Å². The molecule has 0 N–H and O–H groups in total. The van der Waals surface area contributed by atoms with Crippen molar-refractivity contribution in [3.05, 3.63) is 12.2 Å². The SMILES string of the molecule is Cn1cnc(C2CC2)n1. The van der Waals surface area contributed by atoms with E-state index in [4.69, 9.17) is 0 Å². The van der Waals surface area contributed by atoms with E-state index in [1.54, 1.807) is 11.0 Å². The summed E-state index contributed by atoms with van der Waals surface area (Å²) in [5.74, 6) is 1.71. The second-order valence-electron chi connectivity index (χ2n) is 2.55. The van der Waals surface area contributed by atoms with Crippen molar-refractivity contribution in [2.45, 2.75) is 18.8 Å². The number of nitrogens with zero attached hydrogens (tertiary/aromatic N) is 3. The van der Waals surface area contributed by atoms with Crippen LogP contribution in [0.25, 0.3) is 0 Å². The minimum absolute atomic E-state index is 0.686. The van der Waals surface area contributed by atoms with Crippen molar-refractivity contribution >= 4 is 0 Å². The summed E-state index contributed by atoms with van der Waals surface area (Å²) in [7, 11) is 1.90. The molecule has 0 unspecified atom stereocenters. The molecular formula is C6H9N3. The van der Waals surface area contributed by atoms with Crippen LogP contribution in [0.3, 0.4) is 0 Å². The fourth-order valence-corrected chi connectivity index (χ4v) is 0.885. The summed E-state index contributed by atoms with van der Waals surface area (Å²) in [4.78, 5) is 4.13. The van der Waals surface area contributed by atoms with Gasteiger partial charge in [-0.05, 0) is 12.8 Å². The summed E-state index contributed by atoms with van der Waals surface area (Å²) in [6.45, 7) is 0. The standard InChI is InChI=1S/C6H9N3/c1-9-4-7-6(8-9)5-2-3-5/h4-5H,2-3H2,1H3. The first-order valence-corrected chi connectivity index (χ1v) is 3.22. The second-order valence-corrected chi connectivity index (χ2v) is 2.55. The molecule has 0 atom stereocenters. The highest BCUT2D eigenvalue weighted by Gasteiger charge is 2.26. The zero-order chi connectivity index (χ0) is 6.27. The van der Waals surface area contributed by atoms with Crippen molar-refractivity contribution in [3.63, 3.8) is 0 Å². The topological polar surface area (TPSA) is 30.7 Å². The Hall–Kier alpha value is -0.860. The van der Waals surface area contributed by atoms with Gasteiger partial charge in [0.25, 0.3) is 0 Å². The number of aromatic nitrogens is 3. The molecule has 1 aliphatic carbocycles. The van der Waals surface area contributed by atoms with Crippen LogP contribution in [-0.2, 0) is 7.05 Å². The van der Waals surface area contributed by atoms with E-state index >= 15 is 0 Å². The first-order chi connectivity index (χ1) is 4.36. The maximum Gasteiger partial charge on any atom is 0.153 e. The summed E-state index contributed by atoms with van der Waals surface area (Å²) in [6.07, 6.45) is 4.32. The highest BCUT2D eigenvalue weighted by Crippen LogP contribution is 2.37. The van der Waals surface area contributed by atoms with Crippen LogP contribution in [0.5, 0.6) is 0 Å². The quantitative estimate of drug-likeness (QED) is 0.550. The fourth-order valence-electron chi connectivity index (χ4n) is 0.885. The molecule has 0 amide bonds.